The molecular weight excluding hydrogens is 108 g/mol. The largest absolute Gasteiger partial charge is 0.368 e. The molecule has 0 aliphatic heterocycles. The predicted octanol–water partition coefficient (Wildman–Crippen LogP) is -1.58. The molecule has 0 aromatic rings. The molecule has 3 N–H and O–H groups in total. The highest BCUT2D eigenvalue weighted by Gasteiger charge is 1.92. The van der Waals surface area contributed by atoms with Crippen molar-refractivity contribution in [2.24, 2.45) is 5.73 Å². The van der Waals surface area contributed by atoms with E-state index in [-0.39, 0.29) is 6.54 Å². The third kappa shape index (κ3) is 4.94. The Hall–Kier alpha value is -1.06. The Labute approximate surface area is 47.0 Å². The van der Waals surface area contributed by atoms with E-state index in [1.165, 1.54) is 0 Å². The summed E-state index contributed by atoms with van der Waals surface area (Å²) >= 11 is 0. The van der Waals surface area contributed by atoms with Gasteiger partial charge in [-0.3, -0.25) is 9.59 Å². The van der Waals surface area contributed by atoms with Gasteiger partial charge in [-0.25, -0.2) is 0 Å². The van der Waals surface area contributed by atoms with Crippen molar-refractivity contribution in [1.29, 1.82) is 0 Å². The van der Waals surface area contributed by atoms with Crippen LogP contribution in [-0.2, 0) is 9.59 Å². The average molecular weight is 115 g/mol. The number of carbonyl (C=O) groups is 2. The molecule has 2 amide bonds. The monoisotopic (exact) mass is 115 g/mol. The van der Waals surface area contributed by atoms with Crippen LogP contribution in [0.15, 0.2) is 0 Å². The Balaban J connectivity index is 3.18. The summed E-state index contributed by atoms with van der Waals surface area (Å²) in [6, 6.07) is 0. The van der Waals surface area contributed by atoms with Crippen molar-refractivity contribution >= 4 is 11.8 Å². The van der Waals surface area contributed by atoms with E-state index in [9.17, 15) is 9.59 Å². The molecular formula is C4H7N2O2. The van der Waals surface area contributed by atoms with Gasteiger partial charge in [-0.1, -0.05) is 0 Å². The van der Waals surface area contributed by atoms with E-state index in [1.54, 1.807) is 0 Å². The van der Waals surface area contributed by atoms with Crippen molar-refractivity contribution in [3.8, 4) is 0 Å². The van der Waals surface area contributed by atoms with E-state index in [0.29, 0.717) is 0 Å². The lowest BCUT2D eigenvalue weighted by Crippen LogP contribution is -2.31. The quantitative estimate of drug-likeness (QED) is 0.456. The molecule has 0 fully saturated rings. The number of nitrogens with two attached hydrogens (primary N) is 1. The fourth-order valence-corrected chi connectivity index (χ4v) is 0.186. The van der Waals surface area contributed by atoms with Crippen LogP contribution in [0, 0.1) is 6.92 Å². The number of hydrogen-bond acceptors (Lipinski definition) is 2. The summed E-state index contributed by atoms with van der Waals surface area (Å²) in [5.74, 6) is -1.06. The Morgan fingerprint density at radius 3 is 2.25 bits per heavy atom. The topological polar surface area (TPSA) is 72.2 Å². The van der Waals surface area contributed by atoms with E-state index >= 15 is 0 Å². The zero-order valence-electron chi connectivity index (χ0n) is 4.31. The SMILES string of the molecule is [CH2]C(=O)NCC(N)=O. The van der Waals surface area contributed by atoms with Crippen LogP contribution < -0.4 is 11.1 Å². The standard InChI is InChI=1S/C4H7N2O2/c1-3(7)6-2-4(5)8/h1-2H2,(H2,5,8)(H,6,7). The van der Waals surface area contributed by atoms with Crippen molar-refractivity contribution in [2.45, 2.75) is 0 Å². The highest BCUT2D eigenvalue weighted by atomic mass is 16.2. The highest BCUT2D eigenvalue weighted by Crippen LogP contribution is 1.56. The molecule has 0 unspecified atom stereocenters. The summed E-state index contributed by atoms with van der Waals surface area (Å²) in [4.78, 5) is 19.8. The van der Waals surface area contributed by atoms with Crippen LogP contribution in [0.5, 0.6) is 0 Å². The third-order valence-electron chi connectivity index (χ3n) is 0.460. The van der Waals surface area contributed by atoms with Gasteiger partial charge in [0.05, 0.1) is 6.54 Å². The molecule has 4 nitrogen and oxygen atoms in total. The van der Waals surface area contributed by atoms with Crippen LogP contribution >= 0.6 is 0 Å². The normalized spacial score (nSPS) is 8.12. The van der Waals surface area contributed by atoms with Crippen LogP contribution in [0.2, 0.25) is 0 Å². The van der Waals surface area contributed by atoms with Crippen LogP contribution in [0.4, 0.5) is 0 Å². The molecule has 8 heavy (non-hydrogen) atoms. The van der Waals surface area contributed by atoms with E-state index in [2.05, 4.69) is 18.0 Å². The van der Waals surface area contributed by atoms with Crippen LogP contribution in [-0.4, -0.2) is 18.4 Å². The molecule has 0 saturated heterocycles. The first-order valence-electron chi connectivity index (χ1n) is 2.01. The van der Waals surface area contributed by atoms with Gasteiger partial charge in [-0.2, -0.15) is 0 Å². The van der Waals surface area contributed by atoms with Gasteiger partial charge < -0.3 is 11.1 Å². The van der Waals surface area contributed by atoms with Crippen molar-refractivity contribution < 1.29 is 9.59 Å². The maximum absolute atomic E-state index is 9.92. The second-order valence-electron chi connectivity index (χ2n) is 1.24. The molecule has 4 heteroatoms. The summed E-state index contributed by atoms with van der Waals surface area (Å²) in [6.07, 6.45) is 0. The maximum Gasteiger partial charge on any atom is 0.236 e. The minimum Gasteiger partial charge on any atom is -0.368 e. The number of carbonyl (C=O) groups excluding carboxylic acids is 2. The number of nitrogens with one attached hydrogen (secondary N) is 1. The van der Waals surface area contributed by atoms with E-state index in [1.807, 2.05) is 0 Å². The zero-order valence-corrected chi connectivity index (χ0v) is 4.31. The predicted molar refractivity (Wildman–Crippen MR) is 27.6 cm³/mol. The minimum absolute atomic E-state index is 0.137. The minimum atomic E-state index is -0.568. The van der Waals surface area contributed by atoms with Gasteiger partial charge in [0, 0.05) is 6.92 Å². The van der Waals surface area contributed by atoms with Gasteiger partial charge in [-0.05, 0) is 0 Å². The lowest BCUT2D eigenvalue weighted by molar-refractivity contribution is -0.122. The number of amides is 2. The summed E-state index contributed by atoms with van der Waals surface area (Å²) in [7, 11) is 0. The zero-order chi connectivity index (χ0) is 6.57. The fourth-order valence-electron chi connectivity index (χ4n) is 0.186. The second-order valence-corrected chi connectivity index (χ2v) is 1.24. The molecule has 0 saturated carbocycles. The lowest BCUT2D eigenvalue weighted by Gasteiger charge is -1.93. The van der Waals surface area contributed by atoms with Gasteiger partial charge >= 0.3 is 0 Å². The van der Waals surface area contributed by atoms with Gasteiger partial charge in [-0.15, -0.1) is 0 Å². The van der Waals surface area contributed by atoms with Crippen LogP contribution in [0.1, 0.15) is 0 Å². The smallest absolute Gasteiger partial charge is 0.236 e. The fraction of sp³-hybridized carbons (Fsp3) is 0.250. The van der Waals surface area contributed by atoms with Gasteiger partial charge in [0.25, 0.3) is 0 Å². The van der Waals surface area contributed by atoms with E-state index in [0.717, 1.165) is 0 Å². The summed E-state index contributed by atoms with van der Waals surface area (Å²) in [6.45, 7) is 2.82. The maximum atomic E-state index is 9.92. The van der Waals surface area contributed by atoms with Gasteiger partial charge in [0.15, 0.2) is 0 Å². The third-order valence-corrected chi connectivity index (χ3v) is 0.460. The molecule has 1 radical (unpaired) electrons. The van der Waals surface area contributed by atoms with Crippen LogP contribution in [0.3, 0.4) is 0 Å². The Morgan fingerprint density at radius 1 is 1.62 bits per heavy atom. The molecule has 0 bridgehead atoms. The average Bonchev–Trinajstić information content (AvgIpc) is 1.61. The number of hydrogen-bond donors (Lipinski definition) is 2. The van der Waals surface area contributed by atoms with Crippen molar-refractivity contribution in [1.82, 2.24) is 5.32 Å². The molecule has 0 aromatic carbocycles. The van der Waals surface area contributed by atoms with Crippen LogP contribution in [0.25, 0.3) is 0 Å². The van der Waals surface area contributed by atoms with Gasteiger partial charge in [0.1, 0.15) is 0 Å². The first-order valence-corrected chi connectivity index (χ1v) is 2.01. The van der Waals surface area contributed by atoms with E-state index in [4.69, 9.17) is 0 Å². The Morgan fingerprint density at radius 2 is 2.12 bits per heavy atom. The first kappa shape index (κ1) is 6.94. The second kappa shape index (κ2) is 3.01. The van der Waals surface area contributed by atoms with Crippen molar-refractivity contribution in [3.05, 3.63) is 6.92 Å². The highest BCUT2D eigenvalue weighted by molar-refractivity contribution is 5.85. The summed E-state index contributed by atoms with van der Waals surface area (Å²) < 4.78 is 0. The van der Waals surface area contributed by atoms with Gasteiger partial charge in [0.2, 0.25) is 11.8 Å². The summed E-state index contributed by atoms with van der Waals surface area (Å²) in [5.41, 5.74) is 4.66. The van der Waals surface area contributed by atoms with Crippen molar-refractivity contribution in [3.63, 3.8) is 0 Å². The Kier molecular flexibility index (Phi) is 2.61. The first-order chi connectivity index (χ1) is 3.63. The molecule has 0 rings (SSSR count). The molecule has 0 heterocycles. The van der Waals surface area contributed by atoms with Crippen molar-refractivity contribution in [2.75, 3.05) is 6.54 Å². The molecule has 0 aliphatic carbocycles. The molecule has 45 valence electrons. The number of primary amides is 1. The molecule has 0 aliphatic rings. The molecule has 0 atom stereocenters. The Bertz CT molecular complexity index is 96.6. The molecule has 0 spiro atoms. The lowest BCUT2D eigenvalue weighted by atomic mass is 10.6. The van der Waals surface area contributed by atoms with E-state index < -0.39 is 11.8 Å². The summed E-state index contributed by atoms with van der Waals surface area (Å²) in [5, 5.41) is 2.12. The number of rotatable bonds is 2. The molecule has 0 aromatic heterocycles.